The SMILES string of the molecule is CC(=O)O[C@H]1[C@H](OC(C)=O)[C@@]2(C)[C@@H]3CC[C@H]4C(C)(C)[C@@H](O[C@@H]5OC[C@@H](O)[C@H](O)[C@H]5O)CC[C@@]45C[C@@]35CC[C@]2(CO)[C@H]1[C@]1(C)CC[C@H](C(C)(C)O)O1. The second-order valence-corrected chi connectivity index (χ2v) is 19.2. The molecule has 0 aromatic carbocycles. The number of fused-ring (bicyclic) bond motifs is 2. The van der Waals surface area contributed by atoms with Crippen LogP contribution in [0.2, 0.25) is 0 Å². The fourth-order valence-corrected chi connectivity index (χ4v) is 14.0. The maximum absolute atomic E-state index is 13.0. The van der Waals surface area contributed by atoms with E-state index >= 15 is 0 Å². The largest absolute Gasteiger partial charge is 0.458 e. The molecule has 0 amide bonds. The lowest BCUT2D eigenvalue weighted by molar-refractivity contribution is -0.303. The van der Waals surface area contributed by atoms with Crippen molar-refractivity contribution in [3.05, 3.63) is 0 Å². The summed E-state index contributed by atoms with van der Waals surface area (Å²) in [6.07, 6.45) is -0.0954. The summed E-state index contributed by atoms with van der Waals surface area (Å²) in [4.78, 5) is 25.9. The van der Waals surface area contributed by atoms with Gasteiger partial charge in [-0.3, -0.25) is 9.59 Å². The molecule has 290 valence electrons. The summed E-state index contributed by atoms with van der Waals surface area (Å²) in [5.41, 5.74) is -3.87. The minimum Gasteiger partial charge on any atom is -0.458 e. The summed E-state index contributed by atoms with van der Waals surface area (Å²) in [6, 6.07) is 0. The highest BCUT2D eigenvalue weighted by molar-refractivity contribution is 5.68. The van der Waals surface area contributed by atoms with Crippen LogP contribution in [0, 0.1) is 44.8 Å². The molecule has 0 aromatic heterocycles. The molecule has 0 radical (unpaired) electrons. The maximum Gasteiger partial charge on any atom is 0.303 e. The zero-order valence-electron chi connectivity index (χ0n) is 31.7. The van der Waals surface area contributed by atoms with Crippen molar-refractivity contribution in [1.82, 2.24) is 0 Å². The van der Waals surface area contributed by atoms with E-state index in [1.807, 2.05) is 6.92 Å². The van der Waals surface area contributed by atoms with E-state index in [0.717, 1.165) is 38.5 Å². The molecule has 2 aliphatic heterocycles. The summed E-state index contributed by atoms with van der Waals surface area (Å²) in [5, 5.41) is 53.8. The van der Waals surface area contributed by atoms with Crippen molar-refractivity contribution in [3.8, 4) is 0 Å². The van der Waals surface area contributed by atoms with E-state index in [-0.39, 0.29) is 41.5 Å². The molecule has 7 aliphatic rings. The highest BCUT2D eigenvalue weighted by Crippen LogP contribution is 2.89. The van der Waals surface area contributed by atoms with Crippen LogP contribution >= 0.6 is 0 Å². The quantitative estimate of drug-likeness (QED) is 0.192. The van der Waals surface area contributed by atoms with Crippen LogP contribution in [0.5, 0.6) is 0 Å². The molecule has 2 spiro atoms. The van der Waals surface area contributed by atoms with E-state index in [9.17, 15) is 35.1 Å². The van der Waals surface area contributed by atoms with Gasteiger partial charge in [-0.25, -0.2) is 0 Å². The summed E-state index contributed by atoms with van der Waals surface area (Å²) in [5.74, 6) is -1.06. The van der Waals surface area contributed by atoms with Gasteiger partial charge in [0.25, 0.3) is 0 Å². The highest BCUT2D eigenvalue weighted by Gasteiger charge is 2.87. The predicted molar refractivity (Wildman–Crippen MR) is 182 cm³/mol. The molecule has 7 rings (SSSR count). The number of hydrogen-bond acceptors (Lipinski definition) is 12. The van der Waals surface area contributed by atoms with Crippen molar-refractivity contribution in [2.45, 2.75) is 173 Å². The molecular weight excluding hydrogens is 660 g/mol. The average molecular weight is 723 g/mol. The molecule has 16 atom stereocenters. The third-order valence-electron chi connectivity index (χ3n) is 16.2. The lowest BCUT2D eigenvalue weighted by Gasteiger charge is -2.64. The van der Waals surface area contributed by atoms with E-state index in [1.54, 1.807) is 13.8 Å². The molecule has 2 heterocycles. The van der Waals surface area contributed by atoms with Crippen LogP contribution in [0.4, 0.5) is 0 Å². The third-order valence-corrected chi connectivity index (χ3v) is 16.2. The van der Waals surface area contributed by atoms with Crippen molar-refractivity contribution < 1.29 is 58.8 Å². The number of carbonyl (C=O) groups excluding carboxylic acids is 2. The Morgan fingerprint density at radius 3 is 2.10 bits per heavy atom. The summed E-state index contributed by atoms with van der Waals surface area (Å²) in [6.45, 7) is 14.6. The van der Waals surface area contributed by atoms with Crippen LogP contribution in [0.1, 0.15) is 113 Å². The molecule has 12 heteroatoms. The standard InChI is InChI=1S/C39H62O12/c1-20(41)48-29-30(35(7)13-11-26(51-35)34(5,6)46)39(19-40)16-15-38-18-37(38)14-12-25(50-32-28(45)27(44)22(43)17-47-32)33(3,4)23(37)9-10-24(38)36(39,8)31(29)49-21(2)42/h22-32,40,43-46H,9-19H2,1-8H3/t22-,23+,24+,25+,26-,27+,28-,29-,30-,31+,32+,35+,36-,37-,38+,39+/m1/s1. The van der Waals surface area contributed by atoms with Crippen LogP contribution in [0.25, 0.3) is 0 Å². The number of aliphatic hydroxyl groups excluding tert-OH is 4. The molecule has 2 saturated heterocycles. The zero-order valence-corrected chi connectivity index (χ0v) is 31.7. The van der Waals surface area contributed by atoms with Gasteiger partial charge in [0, 0.05) is 37.2 Å². The highest BCUT2D eigenvalue weighted by atomic mass is 16.7. The van der Waals surface area contributed by atoms with Gasteiger partial charge in [-0.15, -0.1) is 0 Å². The van der Waals surface area contributed by atoms with Crippen molar-refractivity contribution >= 4 is 11.9 Å². The Hall–Kier alpha value is -1.38. The molecule has 7 fully saturated rings. The minimum atomic E-state index is -1.35. The van der Waals surface area contributed by atoms with Gasteiger partial charge in [0.15, 0.2) is 6.29 Å². The van der Waals surface area contributed by atoms with E-state index in [4.69, 9.17) is 23.7 Å². The van der Waals surface area contributed by atoms with Crippen LogP contribution in [-0.2, 0) is 33.3 Å². The third kappa shape index (κ3) is 5.12. The summed E-state index contributed by atoms with van der Waals surface area (Å²) < 4.78 is 31.5. The number of carbonyl (C=O) groups is 2. The van der Waals surface area contributed by atoms with Crippen LogP contribution in [0.3, 0.4) is 0 Å². The molecule has 5 aliphatic carbocycles. The van der Waals surface area contributed by atoms with Crippen LogP contribution in [0.15, 0.2) is 0 Å². The lowest BCUT2D eigenvalue weighted by Crippen LogP contribution is -2.63. The smallest absolute Gasteiger partial charge is 0.303 e. The van der Waals surface area contributed by atoms with E-state index in [0.29, 0.717) is 25.2 Å². The Morgan fingerprint density at radius 2 is 1.49 bits per heavy atom. The topological polar surface area (TPSA) is 181 Å². The molecule has 51 heavy (non-hydrogen) atoms. The fraction of sp³-hybridized carbons (Fsp3) is 0.949. The van der Waals surface area contributed by atoms with E-state index in [2.05, 4.69) is 20.8 Å². The van der Waals surface area contributed by atoms with Gasteiger partial charge in [-0.1, -0.05) is 20.8 Å². The number of aliphatic hydroxyl groups is 5. The first-order chi connectivity index (χ1) is 23.6. The molecule has 12 nitrogen and oxygen atoms in total. The average Bonchev–Trinajstić information content (AvgIpc) is 3.43. The van der Waals surface area contributed by atoms with Gasteiger partial charge < -0.3 is 49.2 Å². The number of hydrogen-bond donors (Lipinski definition) is 5. The Balaban J connectivity index is 1.25. The first kappa shape index (κ1) is 37.9. The van der Waals surface area contributed by atoms with Gasteiger partial charge in [0.2, 0.25) is 0 Å². The molecule has 0 bridgehead atoms. The summed E-state index contributed by atoms with van der Waals surface area (Å²) in [7, 11) is 0. The van der Waals surface area contributed by atoms with E-state index < -0.39 is 82.8 Å². The van der Waals surface area contributed by atoms with Crippen molar-refractivity contribution in [2.24, 2.45) is 44.8 Å². The van der Waals surface area contributed by atoms with Crippen molar-refractivity contribution in [1.29, 1.82) is 0 Å². The van der Waals surface area contributed by atoms with Gasteiger partial charge >= 0.3 is 11.9 Å². The van der Waals surface area contributed by atoms with Gasteiger partial charge in [0.1, 0.15) is 30.5 Å². The Labute approximate surface area is 301 Å². The van der Waals surface area contributed by atoms with Crippen LogP contribution < -0.4 is 0 Å². The monoisotopic (exact) mass is 722 g/mol. The number of esters is 2. The molecular formula is C39H62O12. The molecule has 5 saturated carbocycles. The van der Waals surface area contributed by atoms with Crippen molar-refractivity contribution in [3.63, 3.8) is 0 Å². The number of rotatable bonds is 7. The first-order valence-corrected chi connectivity index (χ1v) is 19.3. The maximum atomic E-state index is 13.0. The normalized spacial score (nSPS) is 52.9. The zero-order chi connectivity index (χ0) is 37.3. The molecule has 0 aromatic rings. The predicted octanol–water partition coefficient (Wildman–Crippen LogP) is 3.01. The Kier molecular flexibility index (Phi) is 8.97. The van der Waals surface area contributed by atoms with E-state index in [1.165, 1.54) is 13.8 Å². The first-order valence-electron chi connectivity index (χ1n) is 19.3. The van der Waals surface area contributed by atoms with Crippen LogP contribution in [-0.4, -0.2) is 111 Å². The van der Waals surface area contributed by atoms with Gasteiger partial charge in [-0.2, -0.15) is 0 Å². The summed E-state index contributed by atoms with van der Waals surface area (Å²) >= 11 is 0. The fourth-order valence-electron chi connectivity index (χ4n) is 14.0. The van der Waals surface area contributed by atoms with Gasteiger partial charge in [-0.05, 0) is 107 Å². The number of ether oxygens (including phenoxy) is 5. The lowest BCUT2D eigenvalue weighted by atomic mass is 9.41. The van der Waals surface area contributed by atoms with Crippen molar-refractivity contribution in [2.75, 3.05) is 13.2 Å². The second kappa shape index (κ2) is 12.1. The minimum absolute atomic E-state index is 0.00120. The Morgan fingerprint density at radius 1 is 0.843 bits per heavy atom. The second-order valence-electron chi connectivity index (χ2n) is 19.2. The van der Waals surface area contributed by atoms with Gasteiger partial charge in [0.05, 0.1) is 30.0 Å². The molecule has 5 N–H and O–H groups in total. The molecule has 0 unspecified atom stereocenters. The Bertz CT molecular complexity index is 1400.